The van der Waals surface area contributed by atoms with Gasteiger partial charge in [0.25, 0.3) is 0 Å². The molecule has 0 saturated carbocycles. The lowest BCUT2D eigenvalue weighted by molar-refractivity contribution is 0.0507. The Kier molecular flexibility index (Phi) is 8.20. The smallest absolute Gasteiger partial charge is 0.374 e. The number of rotatable bonds is 8. The molecule has 0 saturated heterocycles. The van der Waals surface area contributed by atoms with Gasteiger partial charge in [0.1, 0.15) is 22.8 Å². The summed E-state index contributed by atoms with van der Waals surface area (Å²) in [5.41, 5.74) is 1.82. The standard InChI is InChI=1S/C26H20Br2ClFN2O5/c1-4-37-26(34)25-31-23-19(32(25)12-13-5-7-15(35-2)10-20(13)36-3)11-17(27)21(22(23)28)24(33)16-9-14(30)6-8-18(16)29/h5-11H,4,12H2,1-3H3. The molecule has 7 nitrogen and oxygen atoms in total. The van der Waals surface area contributed by atoms with Gasteiger partial charge in [-0.3, -0.25) is 4.79 Å². The van der Waals surface area contributed by atoms with E-state index in [1.165, 1.54) is 12.1 Å². The van der Waals surface area contributed by atoms with Gasteiger partial charge in [-0.15, -0.1) is 0 Å². The van der Waals surface area contributed by atoms with Gasteiger partial charge in [-0.2, -0.15) is 0 Å². The molecule has 0 bridgehead atoms. The number of hydrogen-bond acceptors (Lipinski definition) is 6. The van der Waals surface area contributed by atoms with Crippen molar-refractivity contribution in [1.29, 1.82) is 0 Å². The van der Waals surface area contributed by atoms with Gasteiger partial charge in [-0.1, -0.05) is 11.6 Å². The zero-order valence-corrected chi connectivity index (χ0v) is 23.8. The normalized spacial score (nSPS) is 11.0. The molecule has 1 aromatic heterocycles. The fourth-order valence-corrected chi connectivity index (χ4v) is 5.62. The quantitative estimate of drug-likeness (QED) is 0.153. The largest absolute Gasteiger partial charge is 0.497 e. The first kappa shape index (κ1) is 27.1. The van der Waals surface area contributed by atoms with E-state index in [0.717, 1.165) is 11.6 Å². The Hall–Kier alpha value is -2.95. The second kappa shape index (κ2) is 11.2. The third-order valence-electron chi connectivity index (χ3n) is 5.62. The van der Waals surface area contributed by atoms with Crippen LogP contribution in [0.3, 0.4) is 0 Å². The van der Waals surface area contributed by atoms with Crippen LogP contribution in [0, 0.1) is 5.82 Å². The Balaban J connectivity index is 1.92. The van der Waals surface area contributed by atoms with Crippen molar-refractivity contribution in [3.05, 3.63) is 84.8 Å². The van der Waals surface area contributed by atoms with Crippen LogP contribution >= 0.6 is 43.5 Å². The second-order valence-electron chi connectivity index (χ2n) is 7.79. The lowest BCUT2D eigenvalue weighted by atomic mass is 10.0. The van der Waals surface area contributed by atoms with Gasteiger partial charge < -0.3 is 18.8 Å². The van der Waals surface area contributed by atoms with Crippen molar-refractivity contribution in [3.8, 4) is 11.5 Å². The first-order chi connectivity index (χ1) is 17.7. The van der Waals surface area contributed by atoms with Crippen molar-refractivity contribution in [3.63, 3.8) is 0 Å². The number of nitrogens with zero attached hydrogens (tertiary/aromatic N) is 2. The van der Waals surface area contributed by atoms with Crippen molar-refractivity contribution in [2.45, 2.75) is 13.5 Å². The Morgan fingerprint density at radius 2 is 1.84 bits per heavy atom. The van der Waals surface area contributed by atoms with Gasteiger partial charge in [0, 0.05) is 21.7 Å². The summed E-state index contributed by atoms with van der Waals surface area (Å²) in [4.78, 5) is 30.8. The predicted octanol–water partition coefficient (Wildman–Crippen LogP) is 6.83. The lowest BCUT2D eigenvalue weighted by Crippen LogP contribution is -2.14. The average molecular weight is 655 g/mol. The lowest BCUT2D eigenvalue weighted by Gasteiger charge is -2.14. The fourth-order valence-electron chi connectivity index (χ4n) is 3.87. The summed E-state index contributed by atoms with van der Waals surface area (Å²) < 4.78 is 32.3. The van der Waals surface area contributed by atoms with Crippen LogP contribution < -0.4 is 9.47 Å². The van der Waals surface area contributed by atoms with E-state index >= 15 is 0 Å². The number of fused-ring (bicyclic) bond motifs is 1. The minimum atomic E-state index is -0.629. The maximum absolute atomic E-state index is 13.9. The molecule has 0 radical (unpaired) electrons. The van der Waals surface area contributed by atoms with E-state index < -0.39 is 17.6 Å². The van der Waals surface area contributed by atoms with Crippen molar-refractivity contribution >= 4 is 66.2 Å². The van der Waals surface area contributed by atoms with Gasteiger partial charge in [0.15, 0.2) is 5.78 Å². The highest BCUT2D eigenvalue weighted by Gasteiger charge is 2.27. The Morgan fingerprint density at radius 1 is 1.08 bits per heavy atom. The summed E-state index contributed by atoms with van der Waals surface area (Å²) in [6, 6.07) is 10.6. The maximum atomic E-state index is 13.9. The SMILES string of the molecule is CCOC(=O)c1nc2c(Br)c(C(=O)c3cc(F)ccc3Cl)c(Br)cc2n1Cc1ccc(OC)cc1OC. The molecular weight excluding hydrogens is 635 g/mol. The van der Waals surface area contributed by atoms with Crippen LogP contribution in [0.15, 0.2) is 51.4 Å². The van der Waals surface area contributed by atoms with E-state index in [0.29, 0.717) is 31.5 Å². The van der Waals surface area contributed by atoms with Crippen LogP contribution in [0.25, 0.3) is 11.0 Å². The average Bonchev–Trinajstić information content (AvgIpc) is 3.24. The topological polar surface area (TPSA) is 79.7 Å². The molecule has 0 aliphatic carbocycles. The molecule has 3 aromatic carbocycles. The number of benzene rings is 3. The number of carbonyl (C=O) groups is 2. The molecule has 192 valence electrons. The summed E-state index contributed by atoms with van der Waals surface area (Å²) in [6.07, 6.45) is 0. The van der Waals surface area contributed by atoms with Crippen LogP contribution in [0.4, 0.5) is 4.39 Å². The summed E-state index contributed by atoms with van der Waals surface area (Å²) in [5, 5.41) is 0.106. The number of aromatic nitrogens is 2. The van der Waals surface area contributed by atoms with Crippen LogP contribution in [0.2, 0.25) is 5.02 Å². The number of carbonyl (C=O) groups excluding carboxylic acids is 2. The highest BCUT2D eigenvalue weighted by atomic mass is 79.9. The van der Waals surface area contributed by atoms with E-state index in [1.807, 2.05) is 6.07 Å². The molecule has 0 aliphatic rings. The molecule has 0 amide bonds. The molecule has 0 N–H and O–H groups in total. The molecule has 0 unspecified atom stereocenters. The fraction of sp³-hybridized carbons (Fsp3) is 0.192. The van der Waals surface area contributed by atoms with Crippen LogP contribution in [0.1, 0.15) is 39.0 Å². The molecule has 0 aliphatic heterocycles. The van der Waals surface area contributed by atoms with E-state index in [9.17, 15) is 14.0 Å². The maximum Gasteiger partial charge on any atom is 0.374 e. The van der Waals surface area contributed by atoms with Gasteiger partial charge >= 0.3 is 5.97 Å². The highest BCUT2D eigenvalue weighted by molar-refractivity contribution is 9.11. The van der Waals surface area contributed by atoms with Gasteiger partial charge in [0.2, 0.25) is 5.82 Å². The summed E-state index contributed by atoms with van der Waals surface area (Å²) in [7, 11) is 3.10. The number of ether oxygens (including phenoxy) is 3. The van der Waals surface area contributed by atoms with Crippen molar-refractivity contribution in [1.82, 2.24) is 9.55 Å². The second-order valence-corrected chi connectivity index (χ2v) is 9.84. The summed E-state index contributed by atoms with van der Waals surface area (Å²) in [6.45, 7) is 2.06. The molecule has 37 heavy (non-hydrogen) atoms. The van der Waals surface area contributed by atoms with Crippen molar-refractivity contribution < 1.29 is 28.2 Å². The van der Waals surface area contributed by atoms with E-state index in [2.05, 4.69) is 36.8 Å². The third kappa shape index (κ3) is 5.23. The Bertz CT molecular complexity index is 1540. The molecule has 0 fully saturated rings. The minimum absolute atomic E-state index is 0.00423. The minimum Gasteiger partial charge on any atom is -0.497 e. The molecule has 0 spiro atoms. The monoisotopic (exact) mass is 652 g/mol. The van der Waals surface area contributed by atoms with E-state index in [-0.39, 0.29) is 35.1 Å². The Morgan fingerprint density at radius 3 is 2.51 bits per heavy atom. The number of ketones is 1. The first-order valence-corrected chi connectivity index (χ1v) is 12.9. The van der Waals surface area contributed by atoms with Gasteiger partial charge in [0.05, 0.1) is 47.9 Å². The third-order valence-corrected chi connectivity index (χ3v) is 7.34. The van der Waals surface area contributed by atoms with Crippen LogP contribution in [0.5, 0.6) is 11.5 Å². The van der Waals surface area contributed by atoms with E-state index in [1.54, 1.807) is 43.9 Å². The molecule has 1 heterocycles. The van der Waals surface area contributed by atoms with E-state index in [4.69, 9.17) is 25.8 Å². The summed E-state index contributed by atoms with van der Waals surface area (Å²) >= 11 is 13.1. The van der Waals surface area contributed by atoms with Gasteiger partial charge in [-0.05, 0) is 75.2 Å². The number of imidazole rings is 1. The number of methoxy groups -OCH3 is 2. The summed E-state index contributed by atoms with van der Waals surface area (Å²) in [5.74, 6) is -0.531. The zero-order chi connectivity index (χ0) is 26.9. The molecular formula is C26H20Br2ClFN2O5. The van der Waals surface area contributed by atoms with Crippen LogP contribution in [-0.2, 0) is 11.3 Å². The zero-order valence-electron chi connectivity index (χ0n) is 19.9. The number of hydrogen-bond donors (Lipinski definition) is 0. The molecule has 0 atom stereocenters. The first-order valence-electron chi connectivity index (χ1n) is 11.0. The van der Waals surface area contributed by atoms with Crippen molar-refractivity contribution in [2.75, 3.05) is 20.8 Å². The number of esters is 1. The molecule has 4 rings (SSSR count). The Labute approximate surface area is 233 Å². The molecule has 4 aromatic rings. The van der Waals surface area contributed by atoms with Gasteiger partial charge in [-0.25, -0.2) is 14.2 Å². The predicted molar refractivity (Wildman–Crippen MR) is 145 cm³/mol. The molecule has 11 heteroatoms. The van der Waals surface area contributed by atoms with Crippen LogP contribution in [-0.4, -0.2) is 42.1 Å². The number of halogens is 4. The highest BCUT2D eigenvalue weighted by Crippen LogP contribution is 2.37. The van der Waals surface area contributed by atoms with Crippen molar-refractivity contribution in [2.24, 2.45) is 0 Å².